The van der Waals surface area contributed by atoms with Gasteiger partial charge >= 0.3 is 0 Å². The molecular formula is C16H23IN6O2. The van der Waals surface area contributed by atoms with E-state index in [2.05, 4.69) is 25.4 Å². The third-order valence-corrected chi connectivity index (χ3v) is 4.18. The van der Waals surface area contributed by atoms with Gasteiger partial charge in [0.15, 0.2) is 11.7 Å². The summed E-state index contributed by atoms with van der Waals surface area (Å²) < 4.78 is 5.19. The van der Waals surface area contributed by atoms with Gasteiger partial charge in [-0.1, -0.05) is 0 Å². The van der Waals surface area contributed by atoms with Gasteiger partial charge in [0, 0.05) is 51.0 Å². The Morgan fingerprint density at radius 3 is 2.64 bits per heavy atom. The summed E-state index contributed by atoms with van der Waals surface area (Å²) in [4.78, 5) is 20.6. The average molecular weight is 458 g/mol. The molecule has 25 heavy (non-hydrogen) atoms. The quantitative estimate of drug-likeness (QED) is 0.413. The molecule has 9 heteroatoms. The van der Waals surface area contributed by atoms with Crippen LogP contribution in [-0.2, 0) is 6.54 Å². The number of aromatic amines is 1. The summed E-state index contributed by atoms with van der Waals surface area (Å²) in [5.41, 5.74) is 2.16. The molecule has 2 N–H and O–H groups in total. The van der Waals surface area contributed by atoms with Crippen molar-refractivity contribution in [1.82, 2.24) is 25.3 Å². The number of carbonyl (C=O) groups excluding carboxylic acids is 1. The number of piperazine rings is 1. The van der Waals surface area contributed by atoms with Gasteiger partial charge in [0.1, 0.15) is 0 Å². The van der Waals surface area contributed by atoms with Crippen molar-refractivity contribution >= 4 is 35.8 Å². The highest BCUT2D eigenvalue weighted by molar-refractivity contribution is 14.0. The van der Waals surface area contributed by atoms with E-state index in [0.29, 0.717) is 25.4 Å². The third kappa shape index (κ3) is 4.53. The SMILES string of the molecule is CN=C(NCc1cn[nH]c1C)N1CCN(C(=O)c2ccco2)CC1.I. The number of H-pyrrole nitrogens is 1. The monoisotopic (exact) mass is 458 g/mol. The number of furan rings is 1. The molecule has 0 saturated carbocycles. The van der Waals surface area contributed by atoms with Gasteiger partial charge in [-0.2, -0.15) is 5.10 Å². The zero-order valence-corrected chi connectivity index (χ0v) is 16.7. The lowest BCUT2D eigenvalue weighted by molar-refractivity contribution is 0.0657. The maximum atomic E-state index is 12.3. The second-order valence-electron chi connectivity index (χ2n) is 5.68. The number of hydrogen-bond acceptors (Lipinski definition) is 4. The van der Waals surface area contributed by atoms with Gasteiger partial charge in [0.25, 0.3) is 5.91 Å². The number of carbonyl (C=O) groups is 1. The molecular weight excluding hydrogens is 435 g/mol. The molecule has 3 rings (SSSR count). The fraction of sp³-hybridized carbons (Fsp3) is 0.438. The van der Waals surface area contributed by atoms with Crippen LogP contribution >= 0.6 is 24.0 Å². The van der Waals surface area contributed by atoms with Gasteiger partial charge in [-0.3, -0.25) is 14.9 Å². The van der Waals surface area contributed by atoms with Crippen LogP contribution in [0.3, 0.4) is 0 Å². The van der Waals surface area contributed by atoms with Crippen molar-refractivity contribution in [2.24, 2.45) is 4.99 Å². The van der Waals surface area contributed by atoms with E-state index in [1.54, 1.807) is 19.2 Å². The second-order valence-corrected chi connectivity index (χ2v) is 5.68. The summed E-state index contributed by atoms with van der Waals surface area (Å²) in [6.45, 7) is 5.41. The van der Waals surface area contributed by atoms with Crippen molar-refractivity contribution in [3.63, 3.8) is 0 Å². The van der Waals surface area contributed by atoms with E-state index >= 15 is 0 Å². The standard InChI is InChI=1S/C16H22N6O2.HI/c1-12-13(11-19-20-12)10-18-16(17-2)22-7-5-21(6-8-22)15(23)14-4-3-9-24-14;/h3-4,9,11H,5-8,10H2,1-2H3,(H,17,18)(H,19,20);1H. The first kappa shape index (κ1) is 19.3. The molecule has 1 aliphatic heterocycles. The minimum atomic E-state index is -0.0587. The average Bonchev–Trinajstić information content (AvgIpc) is 3.27. The molecule has 0 atom stereocenters. The lowest BCUT2D eigenvalue weighted by Gasteiger charge is -2.36. The van der Waals surface area contributed by atoms with E-state index in [1.807, 2.05) is 18.0 Å². The zero-order valence-electron chi connectivity index (χ0n) is 14.4. The number of rotatable bonds is 3. The molecule has 0 aromatic carbocycles. The molecule has 0 radical (unpaired) electrons. The highest BCUT2D eigenvalue weighted by atomic mass is 127. The number of aliphatic imine (C=N–C) groups is 1. The van der Waals surface area contributed by atoms with E-state index in [1.165, 1.54) is 6.26 Å². The molecule has 8 nitrogen and oxygen atoms in total. The number of aryl methyl sites for hydroxylation is 1. The van der Waals surface area contributed by atoms with E-state index in [0.717, 1.165) is 30.3 Å². The first-order chi connectivity index (χ1) is 11.7. The van der Waals surface area contributed by atoms with Gasteiger partial charge < -0.3 is 19.5 Å². The Bertz CT molecular complexity index is 704. The van der Waals surface area contributed by atoms with Crippen LogP contribution in [0.25, 0.3) is 0 Å². The number of halogens is 1. The third-order valence-electron chi connectivity index (χ3n) is 4.18. The Labute approximate surface area is 163 Å². The van der Waals surface area contributed by atoms with Crippen LogP contribution in [-0.4, -0.2) is 65.1 Å². The summed E-state index contributed by atoms with van der Waals surface area (Å²) in [6, 6.07) is 3.43. The number of amides is 1. The predicted molar refractivity (Wildman–Crippen MR) is 105 cm³/mol. The fourth-order valence-corrected chi connectivity index (χ4v) is 2.74. The van der Waals surface area contributed by atoms with Crippen LogP contribution in [0.5, 0.6) is 0 Å². The smallest absolute Gasteiger partial charge is 0.289 e. The van der Waals surface area contributed by atoms with Crippen LogP contribution in [0.2, 0.25) is 0 Å². The summed E-state index contributed by atoms with van der Waals surface area (Å²) in [7, 11) is 1.77. The van der Waals surface area contributed by atoms with E-state index < -0.39 is 0 Å². The Hall–Kier alpha value is -2.04. The van der Waals surface area contributed by atoms with Gasteiger partial charge in [-0.05, 0) is 19.1 Å². The van der Waals surface area contributed by atoms with E-state index in [-0.39, 0.29) is 29.9 Å². The summed E-state index contributed by atoms with van der Waals surface area (Å²) in [5.74, 6) is 1.17. The van der Waals surface area contributed by atoms with E-state index in [9.17, 15) is 4.79 Å². The normalized spacial score (nSPS) is 15.0. The highest BCUT2D eigenvalue weighted by Gasteiger charge is 2.25. The Morgan fingerprint density at radius 1 is 1.36 bits per heavy atom. The number of nitrogens with one attached hydrogen (secondary N) is 2. The van der Waals surface area contributed by atoms with Gasteiger partial charge in [-0.25, -0.2) is 0 Å². The predicted octanol–water partition coefficient (Wildman–Crippen LogP) is 1.46. The molecule has 136 valence electrons. The Morgan fingerprint density at radius 2 is 2.08 bits per heavy atom. The summed E-state index contributed by atoms with van der Waals surface area (Å²) >= 11 is 0. The Kier molecular flexibility index (Phi) is 6.85. The number of nitrogens with zero attached hydrogens (tertiary/aromatic N) is 4. The van der Waals surface area contributed by atoms with Crippen LogP contribution in [0.15, 0.2) is 34.0 Å². The largest absolute Gasteiger partial charge is 0.459 e. The fourth-order valence-electron chi connectivity index (χ4n) is 2.74. The Balaban J connectivity index is 0.00000225. The van der Waals surface area contributed by atoms with Crippen molar-refractivity contribution < 1.29 is 9.21 Å². The highest BCUT2D eigenvalue weighted by Crippen LogP contribution is 2.10. The molecule has 1 saturated heterocycles. The van der Waals surface area contributed by atoms with Crippen LogP contribution < -0.4 is 5.32 Å². The lowest BCUT2D eigenvalue weighted by Crippen LogP contribution is -2.53. The second kappa shape index (κ2) is 8.88. The summed E-state index contributed by atoms with van der Waals surface area (Å²) in [6.07, 6.45) is 3.34. The van der Waals surface area contributed by atoms with Gasteiger partial charge in [0.05, 0.1) is 12.5 Å². The number of aromatic nitrogens is 2. The van der Waals surface area contributed by atoms with Crippen LogP contribution in [0.1, 0.15) is 21.8 Å². The van der Waals surface area contributed by atoms with E-state index in [4.69, 9.17) is 4.42 Å². The minimum absolute atomic E-state index is 0. The molecule has 1 amide bonds. The van der Waals surface area contributed by atoms with Gasteiger partial charge in [0.2, 0.25) is 0 Å². The van der Waals surface area contributed by atoms with Crippen molar-refractivity contribution in [2.75, 3.05) is 33.2 Å². The maximum Gasteiger partial charge on any atom is 0.289 e. The molecule has 1 fully saturated rings. The zero-order chi connectivity index (χ0) is 16.9. The van der Waals surface area contributed by atoms with Crippen molar-refractivity contribution in [2.45, 2.75) is 13.5 Å². The van der Waals surface area contributed by atoms with Crippen molar-refractivity contribution in [3.8, 4) is 0 Å². The lowest BCUT2D eigenvalue weighted by atomic mass is 10.2. The molecule has 0 bridgehead atoms. The molecule has 3 heterocycles. The molecule has 0 aliphatic carbocycles. The molecule has 0 unspecified atom stereocenters. The number of hydrogen-bond donors (Lipinski definition) is 2. The molecule has 2 aromatic rings. The molecule has 2 aromatic heterocycles. The minimum Gasteiger partial charge on any atom is -0.459 e. The molecule has 1 aliphatic rings. The van der Waals surface area contributed by atoms with Crippen molar-refractivity contribution in [1.29, 1.82) is 0 Å². The number of guanidine groups is 1. The maximum absolute atomic E-state index is 12.3. The van der Waals surface area contributed by atoms with Gasteiger partial charge in [-0.15, -0.1) is 24.0 Å². The van der Waals surface area contributed by atoms with Crippen LogP contribution in [0, 0.1) is 6.92 Å². The first-order valence-electron chi connectivity index (χ1n) is 7.96. The van der Waals surface area contributed by atoms with Crippen molar-refractivity contribution in [3.05, 3.63) is 41.6 Å². The van der Waals surface area contributed by atoms with Crippen LogP contribution in [0.4, 0.5) is 0 Å². The summed E-state index contributed by atoms with van der Waals surface area (Å²) in [5, 5.41) is 10.3. The topological polar surface area (TPSA) is 89.8 Å². The molecule has 0 spiro atoms. The first-order valence-corrected chi connectivity index (χ1v) is 7.96.